The standard InChI is InChI=1S/C18H20FN5O/c19-13-5-6-17(21-11-13)23-9-10-24(16-4-2-1-3-15(16)23)18(25)22-14-7-8-20-12-14/h1-6,11,14,20H,7-10,12H2,(H,22,25)/t14-/m1/s1. The van der Waals surface area contributed by atoms with Gasteiger partial charge < -0.3 is 15.5 Å². The molecule has 1 atom stereocenters. The van der Waals surface area contributed by atoms with E-state index in [9.17, 15) is 9.18 Å². The van der Waals surface area contributed by atoms with E-state index in [0.29, 0.717) is 18.9 Å². The fourth-order valence-electron chi connectivity index (χ4n) is 3.37. The molecule has 2 N–H and O–H groups in total. The van der Waals surface area contributed by atoms with Gasteiger partial charge >= 0.3 is 6.03 Å². The largest absolute Gasteiger partial charge is 0.334 e. The molecule has 0 unspecified atom stereocenters. The van der Waals surface area contributed by atoms with E-state index >= 15 is 0 Å². The quantitative estimate of drug-likeness (QED) is 0.880. The van der Waals surface area contributed by atoms with Crippen molar-refractivity contribution in [2.75, 3.05) is 36.0 Å². The molecule has 2 aromatic rings. The molecule has 0 spiro atoms. The lowest BCUT2D eigenvalue weighted by atomic mass is 10.1. The van der Waals surface area contributed by atoms with E-state index < -0.39 is 0 Å². The van der Waals surface area contributed by atoms with Crippen LogP contribution < -0.4 is 20.4 Å². The van der Waals surface area contributed by atoms with Crippen LogP contribution in [0.25, 0.3) is 0 Å². The minimum Gasteiger partial charge on any atom is -0.334 e. The summed E-state index contributed by atoms with van der Waals surface area (Å²) >= 11 is 0. The van der Waals surface area contributed by atoms with Gasteiger partial charge in [-0.1, -0.05) is 12.1 Å². The number of hydrogen-bond acceptors (Lipinski definition) is 4. The van der Waals surface area contributed by atoms with Crippen LogP contribution in [-0.4, -0.2) is 43.2 Å². The number of anilines is 3. The number of benzene rings is 1. The Bertz CT molecular complexity index is 760. The lowest BCUT2D eigenvalue weighted by molar-refractivity contribution is 0.243. The van der Waals surface area contributed by atoms with Crippen LogP contribution >= 0.6 is 0 Å². The Hall–Kier alpha value is -2.67. The van der Waals surface area contributed by atoms with E-state index in [4.69, 9.17) is 0 Å². The summed E-state index contributed by atoms with van der Waals surface area (Å²) in [5, 5.41) is 6.34. The molecule has 130 valence electrons. The SMILES string of the molecule is O=C(N[C@@H]1CCNC1)N1CCN(c2ccc(F)cn2)c2ccccc21. The molecular weight excluding hydrogens is 321 g/mol. The molecule has 1 aromatic carbocycles. The van der Waals surface area contributed by atoms with Crippen LogP contribution in [0.2, 0.25) is 0 Å². The number of carbonyl (C=O) groups is 1. The number of hydrogen-bond donors (Lipinski definition) is 2. The van der Waals surface area contributed by atoms with Gasteiger partial charge in [0.1, 0.15) is 11.6 Å². The maximum Gasteiger partial charge on any atom is 0.322 e. The number of amides is 2. The second-order valence-corrected chi connectivity index (χ2v) is 6.27. The first-order chi connectivity index (χ1) is 12.2. The Labute approximate surface area is 145 Å². The Morgan fingerprint density at radius 2 is 2.04 bits per heavy atom. The summed E-state index contributed by atoms with van der Waals surface area (Å²) in [7, 11) is 0. The van der Waals surface area contributed by atoms with Crippen molar-refractivity contribution < 1.29 is 9.18 Å². The molecule has 0 saturated carbocycles. The van der Waals surface area contributed by atoms with Crippen molar-refractivity contribution >= 4 is 23.2 Å². The smallest absolute Gasteiger partial charge is 0.322 e. The van der Waals surface area contributed by atoms with Gasteiger partial charge in [0.25, 0.3) is 0 Å². The fraction of sp³-hybridized carbons (Fsp3) is 0.333. The number of para-hydroxylation sites is 2. The molecule has 2 aliphatic rings. The van der Waals surface area contributed by atoms with Crippen molar-refractivity contribution in [2.45, 2.75) is 12.5 Å². The van der Waals surface area contributed by atoms with Gasteiger partial charge in [-0.2, -0.15) is 0 Å². The molecule has 0 bridgehead atoms. The summed E-state index contributed by atoms with van der Waals surface area (Å²) in [6.45, 7) is 2.90. The third-order valence-corrected chi connectivity index (χ3v) is 4.63. The van der Waals surface area contributed by atoms with Crippen molar-refractivity contribution in [1.82, 2.24) is 15.6 Å². The molecule has 1 fully saturated rings. The van der Waals surface area contributed by atoms with Crippen LogP contribution in [0.1, 0.15) is 6.42 Å². The third kappa shape index (κ3) is 3.15. The normalized spacial score (nSPS) is 19.6. The second kappa shape index (κ2) is 6.68. The fourth-order valence-corrected chi connectivity index (χ4v) is 3.37. The summed E-state index contributed by atoms with van der Waals surface area (Å²) in [6, 6.07) is 10.9. The highest BCUT2D eigenvalue weighted by Crippen LogP contribution is 2.36. The lowest BCUT2D eigenvalue weighted by Crippen LogP contribution is -2.50. The van der Waals surface area contributed by atoms with Crippen LogP contribution in [0.5, 0.6) is 0 Å². The highest BCUT2D eigenvalue weighted by molar-refractivity contribution is 5.97. The van der Waals surface area contributed by atoms with Gasteiger partial charge in [0.2, 0.25) is 0 Å². The lowest BCUT2D eigenvalue weighted by Gasteiger charge is -2.37. The molecule has 3 heterocycles. The number of rotatable bonds is 2. The van der Waals surface area contributed by atoms with E-state index in [1.165, 1.54) is 12.3 Å². The third-order valence-electron chi connectivity index (χ3n) is 4.63. The zero-order valence-corrected chi connectivity index (χ0v) is 13.8. The van der Waals surface area contributed by atoms with E-state index in [0.717, 1.165) is 30.9 Å². The van der Waals surface area contributed by atoms with Gasteiger partial charge in [0, 0.05) is 25.7 Å². The highest BCUT2D eigenvalue weighted by atomic mass is 19.1. The van der Waals surface area contributed by atoms with Gasteiger partial charge in [0.15, 0.2) is 0 Å². The number of halogens is 1. The van der Waals surface area contributed by atoms with E-state index in [1.807, 2.05) is 29.2 Å². The molecule has 25 heavy (non-hydrogen) atoms. The van der Waals surface area contributed by atoms with Crippen LogP contribution in [0, 0.1) is 5.82 Å². The Morgan fingerprint density at radius 1 is 1.20 bits per heavy atom. The van der Waals surface area contributed by atoms with Gasteiger partial charge in [-0.3, -0.25) is 4.90 Å². The number of nitrogens with one attached hydrogen (secondary N) is 2. The predicted octanol–water partition coefficient (Wildman–Crippen LogP) is 2.25. The molecule has 6 nitrogen and oxygen atoms in total. The minimum atomic E-state index is -0.361. The molecule has 7 heteroatoms. The van der Waals surface area contributed by atoms with Crippen LogP contribution in [0.3, 0.4) is 0 Å². The summed E-state index contributed by atoms with van der Waals surface area (Å²) in [6.07, 6.45) is 2.16. The molecule has 1 aromatic heterocycles. The molecule has 4 rings (SSSR count). The maximum atomic E-state index is 13.2. The summed E-state index contributed by atoms with van der Waals surface area (Å²) in [4.78, 5) is 20.7. The predicted molar refractivity (Wildman–Crippen MR) is 94.8 cm³/mol. The van der Waals surface area contributed by atoms with Gasteiger partial charge in [-0.15, -0.1) is 0 Å². The summed E-state index contributed by atoms with van der Waals surface area (Å²) in [5.41, 5.74) is 1.73. The average Bonchev–Trinajstić information content (AvgIpc) is 3.14. The topological polar surface area (TPSA) is 60.5 Å². The number of carbonyl (C=O) groups excluding carboxylic acids is 1. The van der Waals surface area contributed by atoms with E-state index in [-0.39, 0.29) is 17.9 Å². The van der Waals surface area contributed by atoms with E-state index in [1.54, 1.807) is 11.0 Å². The van der Waals surface area contributed by atoms with Crippen LogP contribution in [0.15, 0.2) is 42.6 Å². The first-order valence-electron chi connectivity index (χ1n) is 8.49. The van der Waals surface area contributed by atoms with Crippen LogP contribution in [-0.2, 0) is 0 Å². The van der Waals surface area contributed by atoms with Crippen molar-refractivity contribution in [3.05, 3.63) is 48.4 Å². The average molecular weight is 341 g/mol. The molecule has 2 aliphatic heterocycles. The number of aromatic nitrogens is 1. The number of pyridine rings is 1. The van der Waals surface area contributed by atoms with Crippen molar-refractivity contribution in [2.24, 2.45) is 0 Å². The minimum absolute atomic E-state index is 0.0761. The molecule has 2 amide bonds. The van der Waals surface area contributed by atoms with Crippen molar-refractivity contribution in [3.63, 3.8) is 0 Å². The second-order valence-electron chi connectivity index (χ2n) is 6.27. The molecule has 0 radical (unpaired) electrons. The van der Waals surface area contributed by atoms with Crippen molar-refractivity contribution in [3.8, 4) is 0 Å². The van der Waals surface area contributed by atoms with E-state index in [2.05, 4.69) is 15.6 Å². The number of fused-ring (bicyclic) bond motifs is 1. The van der Waals surface area contributed by atoms with Gasteiger partial charge in [0.05, 0.1) is 17.6 Å². The zero-order chi connectivity index (χ0) is 17.2. The number of nitrogens with zero attached hydrogens (tertiary/aromatic N) is 3. The Kier molecular flexibility index (Phi) is 4.23. The Morgan fingerprint density at radius 3 is 2.76 bits per heavy atom. The Balaban J connectivity index is 1.60. The summed E-state index contributed by atoms with van der Waals surface area (Å²) < 4.78 is 13.2. The zero-order valence-electron chi connectivity index (χ0n) is 13.8. The molecule has 1 saturated heterocycles. The number of urea groups is 1. The highest BCUT2D eigenvalue weighted by Gasteiger charge is 2.29. The molecular formula is C18H20FN5O. The van der Waals surface area contributed by atoms with Gasteiger partial charge in [-0.05, 0) is 37.2 Å². The first-order valence-corrected chi connectivity index (χ1v) is 8.49. The molecule has 0 aliphatic carbocycles. The maximum absolute atomic E-state index is 13.2. The van der Waals surface area contributed by atoms with Gasteiger partial charge in [-0.25, -0.2) is 14.2 Å². The van der Waals surface area contributed by atoms with Crippen molar-refractivity contribution in [1.29, 1.82) is 0 Å². The summed E-state index contributed by atoms with van der Waals surface area (Å²) in [5.74, 6) is 0.314. The van der Waals surface area contributed by atoms with Crippen LogP contribution in [0.4, 0.5) is 26.4 Å². The first kappa shape index (κ1) is 15.8. The monoisotopic (exact) mass is 341 g/mol.